The fraction of sp³-hybridized carbons (Fsp3) is 0.214. The smallest absolute Gasteiger partial charge is 0.299 e. The molecule has 0 aliphatic carbocycles. The molecule has 0 amide bonds. The molecular formula is C14H14N4OS. The first-order chi connectivity index (χ1) is 9.86. The summed E-state index contributed by atoms with van der Waals surface area (Å²) in [4.78, 5) is 4.35. The molecule has 0 saturated carbocycles. The van der Waals surface area contributed by atoms with Crippen LogP contribution in [0, 0.1) is 0 Å². The van der Waals surface area contributed by atoms with E-state index in [1.807, 2.05) is 30.3 Å². The third-order valence-corrected chi connectivity index (χ3v) is 3.57. The summed E-state index contributed by atoms with van der Waals surface area (Å²) in [7, 11) is 0. The van der Waals surface area contributed by atoms with Gasteiger partial charge in [0.25, 0.3) is 5.19 Å². The maximum Gasteiger partial charge on any atom is 0.299 e. The molecule has 0 unspecified atom stereocenters. The highest BCUT2D eigenvalue weighted by Crippen LogP contribution is 2.29. The average molecular weight is 286 g/mol. The zero-order chi connectivity index (χ0) is 13.8. The molecule has 0 radical (unpaired) electrons. The number of rotatable bonds is 5. The summed E-state index contributed by atoms with van der Waals surface area (Å²) in [6.07, 6.45) is 1.76. The van der Waals surface area contributed by atoms with Crippen LogP contribution in [0.25, 0.3) is 10.9 Å². The lowest BCUT2D eigenvalue weighted by Gasteiger charge is -2.04. The molecule has 20 heavy (non-hydrogen) atoms. The van der Waals surface area contributed by atoms with Gasteiger partial charge in [-0.05, 0) is 18.7 Å². The van der Waals surface area contributed by atoms with Gasteiger partial charge >= 0.3 is 0 Å². The van der Waals surface area contributed by atoms with Crippen molar-refractivity contribution in [1.82, 2.24) is 20.5 Å². The van der Waals surface area contributed by atoms with E-state index in [1.54, 1.807) is 6.20 Å². The van der Waals surface area contributed by atoms with Crippen molar-refractivity contribution in [1.29, 1.82) is 0 Å². The normalized spacial score (nSPS) is 10.8. The number of ether oxygens (including phenoxy) is 1. The molecule has 0 atom stereocenters. The van der Waals surface area contributed by atoms with Crippen molar-refractivity contribution in [3.05, 3.63) is 41.5 Å². The van der Waals surface area contributed by atoms with Crippen LogP contribution in [0.3, 0.4) is 0 Å². The molecule has 2 aromatic heterocycles. The third kappa shape index (κ3) is 2.76. The molecule has 102 valence electrons. The number of nitrogens with zero attached hydrogens (tertiary/aromatic N) is 3. The SMILES string of the molecule is CCNCc1nnc(Oc2cccc3cccnc23)s1. The summed E-state index contributed by atoms with van der Waals surface area (Å²) < 4.78 is 5.81. The van der Waals surface area contributed by atoms with Gasteiger partial charge < -0.3 is 10.1 Å². The molecule has 0 bridgehead atoms. The van der Waals surface area contributed by atoms with Crippen LogP contribution in [-0.4, -0.2) is 21.7 Å². The van der Waals surface area contributed by atoms with E-state index in [0.29, 0.717) is 17.5 Å². The van der Waals surface area contributed by atoms with E-state index in [0.717, 1.165) is 22.5 Å². The zero-order valence-electron chi connectivity index (χ0n) is 11.0. The molecule has 3 rings (SSSR count). The maximum atomic E-state index is 5.81. The molecule has 1 N–H and O–H groups in total. The number of hydrogen-bond acceptors (Lipinski definition) is 6. The van der Waals surface area contributed by atoms with Crippen LogP contribution in [0.1, 0.15) is 11.9 Å². The molecule has 3 aromatic rings. The Labute approximate surface area is 120 Å². The van der Waals surface area contributed by atoms with Gasteiger partial charge in [-0.3, -0.25) is 4.98 Å². The first kappa shape index (κ1) is 13.0. The van der Waals surface area contributed by atoms with Crippen LogP contribution >= 0.6 is 11.3 Å². The molecule has 0 aliphatic rings. The first-order valence-corrected chi connectivity index (χ1v) is 7.23. The van der Waals surface area contributed by atoms with Gasteiger partial charge in [-0.1, -0.05) is 41.6 Å². The van der Waals surface area contributed by atoms with Gasteiger partial charge in [-0.15, -0.1) is 5.10 Å². The Balaban J connectivity index is 1.84. The van der Waals surface area contributed by atoms with Crippen molar-refractivity contribution < 1.29 is 4.74 Å². The Morgan fingerprint density at radius 1 is 1.20 bits per heavy atom. The van der Waals surface area contributed by atoms with Crippen LogP contribution in [0.4, 0.5) is 0 Å². The fourth-order valence-electron chi connectivity index (χ4n) is 1.84. The van der Waals surface area contributed by atoms with Crippen LogP contribution in [0.5, 0.6) is 10.9 Å². The minimum atomic E-state index is 0.538. The van der Waals surface area contributed by atoms with Gasteiger partial charge in [0.05, 0.1) is 0 Å². The Bertz CT molecular complexity index is 708. The Morgan fingerprint density at radius 3 is 3.00 bits per heavy atom. The third-order valence-electron chi connectivity index (χ3n) is 2.77. The largest absolute Gasteiger partial charge is 0.427 e. The van der Waals surface area contributed by atoms with E-state index in [2.05, 4.69) is 27.4 Å². The van der Waals surface area contributed by atoms with Crippen LogP contribution in [0.15, 0.2) is 36.5 Å². The Hall–Kier alpha value is -2.05. The average Bonchev–Trinajstić information content (AvgIpc) is 2.93. The van der Waals surface area contributed by atoms with Gasteiger partial charge in [-0.25, -0.2) is 0 Å². The first-order valence-electron chi connectivity index (χ1n) is 6.41. The summed E-state index contributed by atoms with van der Waals surface area (Å²) in [5.74, 6) is 0.703. The highest BCUT2D eigenvalue weighted by Gasteiger charge is 2.09. The van der Waals surface area contributed by atoms with Gasteiger partial charge in [-0.2, -0.15) is 0 Å². The quantitative estimate of drug-likeness (QED) is 0.781. The summed E-state index contributed by atoms with van der Waals surface area (Å²) in [6.45, 7) is 3.68. The number of hydrogen-bond donors (Lipinski definition) is 1. The van der Waals surface area contributed by atoms with Crippen LogP contribution in [-0.2, 0) is 6.54 Å². The van der Waals surface area contributed by atoms with E-state index in [9.17, 15) is 0 Å². The van der Waals surface area contributed by atoms with E-state index >= 15 is 0 Å². The molecule has 1 aromatic carbocycles. The summed E-state index contributed by atoms with van der Waals surface area (Å²) >= 11 is 1.44. The highest BCUT2D eigenvalue weighted by atomic mass is 32.1. The van der Waals surface area contributed by atoms with Crippen molar-refractivity contribution in [2.45, 2.75) is 13.5 Å². The molecule has 0 saturated heterocycles. The van der Waals surface area contributed by atoms with Gasteiger partial charge in [0, 0.05) is 18.1 Å². The van der Waals surface area contributed by atoms with E-state index in [1.165, 1.54) is 11.3 Å². The molecule has 0 fully saturated rings. The molecule has 2 heterocycles. The number of aromatic nitrogens is 3. The number of benzene rings is 1. The number of fused-ring (bicyclic) bond motifs is 1. The minimum absolute atomic E-state index is 0.538. The van der Waals surface area contributed by atoms with E-state index in [-0.39, 0.29) is 0 Å². The molecule has 6 heteroatoms. The summed E-state index contributed by atoms with van der Waals surface area (Å²) in [5.41, 5.74) is 0.832. The summed E-state index contributed by atoms with van der Waals surface area (Å²) in [5, 5.41) is 13.8. The Morgan fingerprint density at radius 2 is 2.10 bits per heavy atom. The van der Waals surface area contributed by atoms with Crippen molar-refractivity contribution in [3.63, 3.8) is 0 Å². The van der Waals surface area contributed by atoms with E-state index < -0.39 is 0 Å². The van der Waals surface area contributed by atoms with Crippen LogP contribution < -0.4 is 10.1 Å². The van der Waals surface area contributed by atoms with Crippen molar-refractivity contribution >= 4 is 22.2 Å². The maximum absolute atomic E-state index is 5.81. The van der Waals surface area contributed by atoms with Crippen molar-refractivity contribution in [2.75, 3.05) is 6.54 Å². The lowest BCUT2D eigenvalue weighted by atomic mass is 10.2. The fourth-order valence-corrected chi connectivity index (χ4v) is 2.51. The minimum Gasteiger partial charge on any atom is -0.427 e. The standard InChI is InChI=1S/C14H14N4OS/c1-2-15-9-12-17-18-14(20-12)19-11-7-3-5-10-6-4-8-16-13(10)11/h3-8,15H,2,9H2,1H3. The molecule has 0 aliphatic heterocycles. The topological polar surface area (TPSA) is 59.9 Å². The van der Waals surface area contributed by atoms with E-state index in [4.69, 9.17) is 4.74 Å². The number of pyridine rings is 1. The number of nitrogens with one attached hydrogen (secondary N) is 1. The lowest BCUT2D eigenvalue weighted by molar-refractivity contribution is 0.477. The van der Waals surface area contributed by atoms with Gasteiger partial charge in [0.2, 0.25) is 0 Å². The predicted molar refractivity (Wildman–Crippen MR) is 79.1 cm³/mol. The van der Waals surface area contributed by atoms with Crippen LogP contribution in [0.2, 0.25) is 0 Å². The number of para-hydroxylation sites is 1. The second-order valence-corrected chi connectivity index (χ2v) is 5.20. The second kappa shape index (κ2) is 5.94. The molecular weight excluding hydrogens is 272 g/mol. The van der Waals surface area contributed by atoms with Crippen molar-refractivity contribution in [2.24, 2.45) is 0 Å². The van der Waals surface area contributed by atoms with Gasteiger partial charge in [0.1, 0.15) is 10.5 Å². The lowest BCUT2D eigenvalue weighted by Crippen LogP contribution is -2.11. The second-order valence-electron chi connectivity index (χ2n) is 4.18. The highest BCUT2D eigenvalue weighted by molar-refractivity contribution is 7.13. The van der Waals surface area contributed by atoms with Gasteiger partial charge in [0.15, 0.2) is 5.75 Å². The predicted octanol–water partition coefficient (Wildman–Crippen LogP) is 2.99. The molecule has 5 nitrogen and oxygen atoms in total. The summed E-state index contributed by atoms with van der Waals surface area (Å²) in [6, 6.07) is 9.75. The monoisotopic (exact) mass is 286 g/mol. The molecule has 0 spiro atoms. The zero-order valence-corrected chi connectivity index (χ0v) is 11.9. The van der Waals surface area contributed by atoms with Crippen molar-refractivity contribution in [3.8, 4) is 10.9 Å². The Kier molecular flexibility index (Phi) is 3.85.